The summed E-state index contributed by atoms with van der Waals surface area (Å²) in [6.45, 7) is 2.20. The smallest absolute Gasteiger partial charge is 0.432 e. The van der Waals surface area contributed by atoms with Crippen LogP contribution in [0.5, 0.6) is 0 Å². The second-order valence-corrected chi connectivity index (χ2v) is 6.31. The Hall–Kier alpha value is -0.470. The Morgan fingerprint density at radius 1 is 1.28 bits per heavy atom. The van der Waals surface area contributed by atoms with Gasteiger partial charge in [0.2, 0.25) is 0 Å². The van der Waals surface area contributed by atoms with Gasteiger partial charge in [-0.2, -0.15) is 25.7 Å². The van der Waals surface area contributed by atoms with Crippen LogP contribution in [0.4, 0.5) is 4.79 Å². The topological polar surface area (TPSA) is 81.7 Å². The number of hydroxylamine groups is 1. The predicted molar refractivity (Wildman–Crippen MR) is 71.9 cm³/mol. The molecule has 0 rings (SSSR count). The molecular weight excluding hydrogens is 278 g/mol. The summed E-state index contributed by atoms with van der Waals surface area (Å²) in [5.41, 5.74) is 1.77. The summed E-state index contributed by atoms with van der Waals surface area (Å²) in [7, 11) is -3.71. The molecule has 0 aliphatic carbocycles. The molecule has 0 aliphatic rings. The predicted octanol–water partition coefficient (Wildman–Crippen LogP) is 1.92. The van der Waals surface area contributed by atoms with Crippen molar-refractivity contribution >= 4 is 28.0 Å². The maximum atomic E-state index is 11.3. The number of rotatable bonds is 10. The van der Waals surface area contributed by atoms with Crippen molar-refractivity contribution in [1.82, 2.24) is 5.48 Å². The second kappa shape index (κ2) is 10.5. The Kier molecular flexibility index (Phi) is 10.2. The van der Waals surface area contributed by atoms with Crippen LogP contribution in [0.25, 0.3) is 0 Å². The standard InChI is InChI=1S/C10H21NO5S2/c1-3-4-7-15-10(12)11-16-18(13,14)9-6-5-8-17-2/h3-9H2,1-2H3,(H,11,12). The number of hydrogen-bond acceptors (Lipinski definition) is 6. The fourth-order valence-corrected chi connectivity index (χ4v) is 2.33. The zero-order valence-corrected chi connectivity index (χ0v) is 12.4. The number of hydrogen-bond donors (Lipinski definition) is 1. The van der Waals surface area contributed by atoms with Crippen molar-refractivity contribution in [3.05, 3.63) is 0 Å². The van der Waals surface area contributed by atoms with E-state index in [9.17, 15) is 13.2 Å². The van der Waals surface area contributed by atoms with Crippen molar-refractivity contribution < 1.29 is 22.2 Å². The highest BCUT2D eigenvalue weighted by atomic mass is 32.2. The molecule has 1 N–H and O–H groups in total. The Balaban J connectivity index is 3.71. The van der Waals surface area contributed by atoms with Gasteiger partial charge in [0.25, 0.3) is 10.1 Å². The van der Waals surface area contributed by atoms with Gasteiger partial charge < -0.3 is 4.74 Å². The van der Waals surface area contributed by atoms with E-state index in [1.54, 1.807) is 17.2 Å². The lowest BCUT2D eigenvalue weighted by atomic mass is 10.4. The molecule has 0 aromatic rings. The SMILES string of the molecule is CCCCOC(=O)NOS(=O)(=O)CCCCSC. The second-order valence-electron chi connectivity index (χ2n) is 3.64. The largest absolute Gasteiger partial charge is 0.448 e. The van der Waals surface area contributed by atoms with Crippen molar-refractivity contribution in [2.24, 2.45) is 0 Å². The molecule has 0 bridgehead atoms. The van der Waals surface area contributed by atoms with Crippen LogP contribution in [0, 0.1) is 0 Å². The minimum absolute atomic E-state index is 0.108. The molecule has 6 nitrogen and oxygen atoms in total. The van der Waals surface area contributed by atoms with Crippen LogP contribution >= 0.6 is 11.8 Å². The maximum absolute atomic E-state index is 11.3. The molecule has 0 saturated carbocycles. The number of thioether (sulfide) groups is 1. The first-order valence-electron chi connectivity index (χ1n) is 5.84. The molecular formula is C10H21NO5S2. The van der Waals surface area contributed by atoms with Gasteiger partial charge in [-0.05, 0) is 31.3 Å². The lowest BCUT2D eigenvalue weighted by molar-refractivity contribution is 0.101. The van der Waals surface area contributed by atoms with Crippen molar-refractivity contribution in [2.45, 2.75) is 32.6 Å². The van der Waals surface area contributed by atoms with Crippen LogP contribution in [0.2, 0.25) is 0 Å². The molecule has 1 amide bonds. The molecule has 0 atom stereocenters. The average molecular weight is 299 g/mol. The zero-order chi connectivity index (χ0) is 13.9. The van der Waals surface area contributed by atoms with Crippen LogP contribution in [0.3, 0.4) is 0 Å². The van der Waals surface area contributed by atoms with Crippen LogP contribution in [0.1, 0.15) is 32.6 Å². The van der Waals surface area contributed by atoms with Gasteiger partial charge in [-0.1, -0.05) is 13.3 Å². The quantitative estimate of drug-likeness (QED) is 0.490. The number of carbonyl (C=O) groups excluding carboxylic acids is 1. The Labute approximate surface area is 113 Å². The van der Waals surface area contributed by atoms with E-state index >= 15 is 0 Å². The third kappa shape index (κ3) is 10.7. The Morgan fingerprint density at radius 2 is 2.00 bits per heavy atom. The van der Waals surface area contributed by atoms with E-state index in [-0.39, 0.29) is 12.4 Å². The van der Waals surface area contributed by atoms with Gasteiger partial charge in [0.1, 0.15) is 0 Å². The van der Waals surface area contributed by atoms with Crippen LogP contribution in [0.15, 0.2) is 0 Å². The number of ether oxygens (including phenoxy) is 1. The average Bonchev–Trinajstić information content (AvgIpc) is 2.33. The molecule has 0 aromatic heterocycles. The van der Waals surface area contributed by atoms with E-state index in [0.717, 1.165) is 25.0 Å². The van der Waals surface area contributed by atoms with Gasteiger partial charge in [0.05, 0.1) is 12.4 Å². The summed E-state index contributed by atoms with van der Waals surface area (Å²) < 4.78 is 31.7. The molecule has 18 heavy (non-hydrogen) atoms. The molecule has 0 aromatic carbocycles. The summed E-state index contributed by atoms with van der Waals surface area (Å²) in [4.78, 5) is 11.0. The lowest BCUT2D eigenvalue weighted by Gasteiger charge is -2.07. The van der Waals surface area contributed by atoms with Crippen LogP contribution in [-0.4, -0.2) is 38.9 Å². The van der Waals surface area contributed by atoms with Crippen molar-refractivity contribution in [3.8, 4) is 0 Å². The summed E-state index contributed by atoms with van der Waals surface area (Å²) in [5, 5.41) is 0. The monoisotopic (exact) mass is 299 g/mol. The van der Waals surface area contributed by atoms with E-state index in [1.807, 2.05) is 13.2 Å². The highest BCUT2D eigenvalue weighted by Gasteiger charge is 2.13. The van der Waals surface area contributed by atoms with E-state index in [4.69, 9.17) is 0 Å². The first-order chi connectivity index (χ1) is 8.52. The molecule has 0 fully saturated rings. The molecule has 108 valence electrons. The van der Waals surface area contributed by atoms with Crippen LogP contribution in [-0.2, 0) is 19.1 Å². The Bertz CT molecular complexity index is 318. The van der Waals surface area contributed by atoms with E-state index in [0.29, 0.717) is 6.42 Å². The van der Waals surface area contributed by atoms with Gasteiger partial charge in [-0.25, -0.2) is 4.79 Å². The van der Waals surface area contributed by atoms with Gasteiger partial charge in [0.15, 0.2) is 0 Å². The summed E-state index contributed by atoms with van der Waals surface area (Å²) in [6, 6.07) is 0. The highest BCUT2D eigenvalue weighted by molar-refractivity contribution is 7.98. The Morgan fingerprint density at radius 3 is 2.61 bits per heavy atom. The summed E-state index contributed by atoms with van der Waals surface area (Å²) >= 11 is 1.66. The van der Waals surface area contributed by atoms with Crippen molar-refractivity contribution in [3.63, 3.8) is 0 Å². The molecule has 8 heteroatoms. The normalized spacial score (nSPS) is 11.2. The molecule has 0 radical (unpaired) electrons. The maximum Gasteiger partial charge on any atom is 0.432 e. The third-order valence-electron chi connectivity index (χ3n) is 1.98. The molecule has 0 saturated heterocycles. The van der Waals surface area contributed by atoms with Gasteiger partial charge in [0, 0.05) is 0 Å². The first kappa shape index (κ1) is 17.5. The number of nitrogens with one attached hydrogen (secondary N) is 1. The molecule has 0 aliphatic heterocycles. The number of unbranched alkanes of at least 4 members (excludes halogenated alkanes) is 2. The first-order valence-corrected chi connectivity index (χ1v) is 8.81. The minimum Gasteiger partial charge on any atom is -0.448 e. The van der Waals surface area contributed by atoms with E-state index in [1.165, 1.54) is 0 Å². The zero-order valence-electron chi connectivity index (χ0n) is 10.8. The molecule has 0 unspecified atom stereocenters. The van der Waals surface area contributed by atoms with Crippen LogP contribution < -0.4 is 5.48 Å². The van der Waals surface area contributed by atoms with Gasteiger partial charge in [-0.3, -0.25) is 0 Å². The van der Waals surface area contributed by atoms with E-state index < -0.39 is 16.2 Å². The van der Waals surface area contributed by atoms with Crippen molar-refractivity contribution in [1.29, 1.82) is 0 Å². The fourth-order valence-electron chi connectivity index (χ4n) is 1.00. The molecule has 0 heterocycles. The molecule has 0 spiro atoms. The summed E-state index contributed by atoms with van der Waals surface area (Å²) in [5.74, 6) is 0.796. The summed E-state index contributed by atoms with van der Waals surface area (Å²) in [6.07, 6.45) is 4.01. The van der Waals surface area contributed by atoms with E-state index in [2.05, 4.69) is 9.02 Å². The van der Waals surface area contributed by atoms with Gasteiger partial charge >= 0.3 is 6.09 Å². The minimum atomic E-state index is -3.71. The number of amides is 1. The lowest BCUT2D eigenvalue weighted by Crippen LogP contribution is -2.29. The third-order valence-corrected chi connectivity index (χ3v) is 3.80. The number of carbonyl (C=O) groups is 1. The highest BCUT2D eigenvalue weighted by Crippen LogP contribution is 2.02. The van der Waals surface area contributed by atoms with Crippen molar-refractivity contribution in [2.75, 3.05) is 24.4 Å². The fraction of sp³-hybridized carbons (Fsp3) is 0.900. The van der Waals surface area contributed by atoms with Gasteiger partial charge in [-0.15, -0.1) is 4.28 Å².